The molecule has 0 spiro atoms. The van der Waals surface area contributed by atoms with Crippen LogP contribution >= 0.6 is 11.6 Å². The minimum atomic E-state index is 0.0532. The summed E-state index contributed by atoms with van der Waals surface area (Å²) in [5, 5.41) is 0.715. The summed E-state index contributed by atoms with van der Waals surface area (Å²) in [6.07, 6.45) is 1.05. The highest BCUT2D eigenvalue weighted by atomic mass is 35.5. The van der Waals surface area contributed by atoms with Crippen molar-refractivity contribution in [2.75, 3.05) is 0 Å². The number of rotatable bonds is 0. The van der Waals surface area contributed by atoms with Crippen molar-refractivity contribution in [2.45, 2.75) is 25.5 Å². The highest BCUT2D eigenvalue weighted by Crippen LogP contribution is 2.34. The lowest BCUT2D eigenvalue weighted by Gasteiger charge is -2.28. The van der Waals surface area contributed by atoms with Crippen LogP contribution in [0.4, 0.5) is 0 Å². The number of halogens is 1. The van der Waals surface area contributed by atoms with E-state index in [-0.39, 0.29) is 12.1 Å². The van der Waals surface area contributed by atoms with E-state index in [0.717, 1.165) is 17.7 Å². The van der Waals surface area contributed by atoms with E-state index in [1.807, 2.05) is 25.1 Å². The summed E-state index contributed by atoms with van der Waals surface area (Å²) in [6, 6.07) is 5.64. The maximum atomic E-state index is 5.97. The second kappa shape index (κ2) is 3.20. The van der Waals surface area contributed by atoms with Crippen LogP contribution in [0.5, 0.6) is 5.75 Å². The Morgan fingerprint density at radius 2 is 2.31 bits per heavy atom. The van der Waals surface area contributed by atoms with Crippen LogP contribution in [0.15, 0.2) is 18.2 Å². The van der Waals surface area contributed by atoms with Crippen molar-refractivity contribution < 1.29 is 4.74 Å². The molecule has 13 heavy (non-hydrogen) atoms. The van der Waals surface area contributed by atoms with Gasteiger partial charge in [0.05, 0.1) is 6.10 Å². The van der Waals surface area contributed by atoms with Crippen LogP contribution in [0.3, 0.4) is 0 Å². The van der Waals surface area contributed by atoms with Crippen molar-refractivity contribution in [3.05, 3.63) is 28.8 Å². The predicted molar refractivity (Wildman–Crippen MR) is 53.1 cm³/mol. The Balaban J connectivity index is 2.43. The van der Waals surface area contributed by atoms with Crippen molar-refractivity contribution in [2.24, 2.45) is 5.73 Å². The Morgan fingerprint density at radius 3 is 3.08 bits per heavy atom. The monoisotopic (exact) mass is 197 g/mol. The summed E-state index contributed by atoms with van der Waals surface area (Å²) in [7, 11) is 0. The zero-order valence-corrected chi connectivity index (χ0v) is 8.21. The predicted octanol–water partition coefficient (Wildman–Crippen LogP) is 2.51. The first-order valence-corrected chi connectivity index (χ1v) is 4.76. The third-order valence-corrected chi connectivity index (χ3v) is 2.52. The number of hydrogen-bond acceptors (Lipinski definition) is 2. The quantitative estimate of drug-likeness (QED) is 0.694. The Morgan fingerprint density at radius 1 is 1.54 bits per heavy atom. The number of fused-ring (bicyclic) bond motifs is 1. The fraction of sp³-hybridized carbons (Fsp3) is 0.400. The van der Waals surface area contributed by atoms with Crippen LogP contribution in [0.2, 0.25) is 5.02 Å². The molecule has 1 aliphatic heterocycles. The SMILES string of the molecule is CC1C[C@H](N)c2cc(Cl)ccc2O1. The van der Waals surface area contributed by atoms with Gasteiger partial charge in [0.15, 0.2) is 0 Å². The second-order valence-corrected chi connectivity index (χ2v) is 3.89. The van der Waals surface area contributed by atoms with E-state index in [1.54, 1.807) is 0 Å². The third kappa shape index (κ3) is 1.64. The molecule has 1 unspecified atom stereocenters. The van der Waals surface area contributed by atoms with Gasteiger partial charge in [0.25, 0.3) is 0 Å². The van der Waals surface area contributed by atoms with Gasteiger partial charge in [0, 0.05) is 23.0 Å². The number of ether oxygens (including phenoxy) is 1. The topological polar surface area (TPSA) is 35.2 Å². The molecule has 0 radical (unpaired) electrons. The third-order valence-electron chi connectivity index (χ3n) is 2.29. The normalized spacial score (nSPS) is 26.4. The van der Waals surface area contributed by atoms with Crippen molar-refractivity contribution in [3.8, 4) is 5.75 Å². The minimum Gasteiger partial charge on any atom is -0.490 e. The van der Waals surface area contributed by atoms with Gasteiger partial charge in [-0.05, 0) is 25.1 Å². The molecule has 0 fully saturated rings. The van der Waals surface area contributed by atoms with E-state index < -0.39 is 0 Å². The van der Waals surface area contributed by atoms with Gasteiger partial charge in [-0.3, -0.25) is 0 Å². The average Bonchev–Trinajstić information content (AvgIpc) is 2.06. The van der Waals surface area contributed by atoms with Crippen LogP contribution in [-0.4, -0.2) is 6.10 Å². The summed E-state index contributed by atoms with van der Waals surface area (Å²) >= 11 is 5.87. The first-order valence-electron chi connectivity index (χ1n) is 4.38. The van der Waals surface area contributed by atoms with Gasteiger partial charge in [-0.1, -0.05) is 11.6 Å². The zero-order valence-electron chi connectivity index (χ0n) is 7.46. The molecule has 3 heteroatoms. The van der Waals surface area contributed by atoms with E-state index in [2.05, 4.69) is 0 Å². The van der Waals surface area contributed by atoms with Gasteiger partial charge in [-0.2, -0.15) is 0 Å². The summed E-state index contributed by atoms with van der Waals surface area (Å²) in [5.41, 5.74) is 6.99. The molecule has 0 bridgehead atoms. The highest BCUT2D eigenvalue weighted by molar-refractivity contribution is 6.30. The van der Waals surface area contributed by atoms with Crippen LogP contribution < -0.4 is 10.5 Å². The lowest BCUT2D eigenvalue weighted by Crippen LogP contribution is -2.27. The Hall–Kier alpha value is -0.730. The number of hydrogen-bond donors (Lipinski definition) is 1. The van der Waals surface area contributed by atoms with Crippen molar-refractivity contribution in [1.82, 2.24) is 0 Å². The standard InChI is InChI=1S/C10H12ClNO/c1-6-4-9(12)8-5-7(11)2-3-10(8)13-6/h2-3,5-6,9H,4,12H2,1H3/t6?,9-/m0/s1. The molecule has 2 N–H and O–H groups in total. The molecule has 1 aromatic carbocycles. The van der Waals surface area contributed by atoms with Gasteiger partial charge < -0.3 is 10.5 Å². The maximum Gasteiger partial charge on any atom is 0.124 e. The largest absolute Gasteiger partial charge is 0.490 e. The van der Waals surface area contributed by atoms with Crippen LogP contribution in [0.1, 0.15) is 24.9 Å². The van der Waals surface area contributed by atoms with Gasteiger partial charge in [-0.25, -0.2) is 0 Å². The van der Waals surface area contributed by atoms with E-state index in [1.165, 1.54) is 0 Å². The molecular formula is C10H12ClNO. The lowest BCUT2D eigenvalue weighted by molar-refractivity contribution is 0.177. The number of nitrogens with two attached hydrogens (primary N) is 1. The molecule has 70 valence electrons. The Bertz CT molecular complexity index is 327. The fourth-order valence-corrected chi connectivity index (χ4v) is 1.85. The summed E-state index contributed by atoms with van der Waals surface area (Å²) in [4.78, 5) is 0. The molecule has 2 nitrogen and oxygen atoms in total. The molecule has 1 aliphatic rings. The van der Waals surface area contributed by atoms with E-state index in [0.29, 0.717) is 5.02 Å². The van der Waals surface area contributed by atoms with Crippen molar-refractivity contribution >= 4 is 11.6 Å². The first-order chi connectivity index (χ1) is 6.16. The van der Waals surface area contributed by atoms with Crippen LogP contribution in [0.25, 0.3) is 0 Å². The molecular weight excluding hydrogens is 186 g/mol. The summed E-state index contributed by atoms with van der Waals surface area (Å²) in [6.45, 7) is 2.03. The molecule has 2 atom stereocenters. The Labute approximate surface area is 82.6 Å². The summed E-state index contributed by atoms with van der Waals surface area (Å²) in [5.74, 6) is 0.871. The fourth-order valence-electron chi connectivity index (χ4n) is 1.67. The van der Waals surface area contributed by atoms with E-state index >= 15 is 0 Å². The van der Waals surface area contributed by atoms with Crippen LogP contribution in [0, 0.1) is 0 Å². The molecule has 0 aliphatic carbocycles. The molecule has 1 heterocycles. The highest BCUT2D eigenvalue weighted by Gasteiger charge is 2.22. The minimum absolute atomic E-state index is 0.0532. The molecule has 0 saturated carbocycles. The molecule has 0 saturated heterocycles. The van der Waals surface area contributed by atoms with Crippen molar-refractivity contribution in [1.29, 1.82) is 0 Å². The smallest absolute Gasteiger partial charge is 0.124 e. The first kappa shape index (κ1) is 8.85. The Kier molecular flexibility index (Phi) is 2.18. The average molecular weight is 198 g/mol. The van der Waals surface area contributed by atoms with Crippen LogP contribution in [-0.2, 0) is 0 Å². The number of benzene rings is 1. The molecule has 0 aromatic heterocycles. The maximum absolute atomic E-state index is 5.97. The van der Waals surface area contributed by atoms with Gasteiger partial charge >= 0.3 is 0 Å². The summed E-state index contributed by atoms with van der Waals surface area (Å²) < 4.78 is 5.62. The molecule has 2 rings (SSSR count). The lowest BCUT2D eigenvalue weighted by atomic mass is 9.98. The molecule has 0 amide bonds. The van der Waals surface area contributed by atoms with Gasteiger partial charge in [0.2, 0.25) is 0 Å². The van der Waals surface area contributed by atoms with E-state index in [4.69, 9.17) is 22.1 Å². The van der Waals surface area contributed by atoms with Crippen molar-refractivity contribution in [3.63, 3.8) is 0 Å². The molecule has 1 aromatic rings. The van der Waals surface area contributed by atoms with Gasteiger partial charge in [-0.15, -0.1) is 0 Å². The second-order valence-electron chi connectivity index (χ2n) is 3.45. The van der Waals surface area contributed by atoms with E-state index in [9.17, 15) is 0 Å². The van der Waals surface area contributed by atoms with Gasteiger partial charge in [0.1, 0.15) is 5.75 Å². The zero-order chi connectivity index (χ0) is 9.42.